The molecule has 0 aromatic carbocycles. The van der Waals surface area contributed by atoms with Gasteiger partial charge in [-0.3, -0.25) is 9.59 Å². The zero-order valence-corrected chi connectivity index (χ0v) is 17.2. The Bertz CT molecular complexity index is 754. The number of pyridine rings is 1. The number of nitrogens with zero attached hydrogens (tertiary/aromatic N) is 1. The number of hydrogen-bond acceptors (Lipinski definition) is 7. The Labute approximate surface area is 176 Å². The number of rotatable bonds is 16. The number of carbonyl (C=O) groups is 3. The Morgan fingerprint density at radius 3 is 2.13 bits per heavy atom. The molecule has 0 radical (unpaired) electrons. The summed E-state index contributed by atoms with van der Waals surface area (Å²) in [5, 5.41) is 0. The summed E-state index contributed by atoms with van der Waals surface area (Å²) in [7, 11) is 0. The molecular formula is C22H30N2O6. The monoisotopic (exact) mass is 418 g/mol. The highest BCUT2D eigenvalue weighted by Crippen LogP contribution is 2.11. The van der Waals surface area contributed by atoms with E-state index in [1.54, 1.807) is 18.2 Å². The van der Waals surface area contributed by atoms with Crippen LogP contribution >= 0.6 is 0 Å². The van der Waals surface area contributed by atoms with Crippen LogP contribution in [-0.4, -0.2) is 23.0 Å². The molecule has 0 saturated heterocycles. The third-order valence-electron chi connectivity index (χ3n) is 4.14. The fourth-order valence-corrected chi connectivity index (χ4v) is 2.60. The molecule has 0 saturated carbocycles. The van der Waals surface area contributed by atoms with Crippen LogP contribution < -0.4 is 15.9 Å². The molecule has 164 valence electrons. The standard InChI is InChI=1S/C22H30N2O6/c25-19-13-7-11-17-23-29-21(27)15-8-5-3-1-2-4-6-9-16-22(28)30-24-18-12-10-14-20(24)26/h7,10-14,17-19,23H,1-6,8-9,15-16H2/b13-7-,17-11-. The molecule has 30 heavy (non-hydrogen) atoms. The summed E-state index contributed by atoms with van der Waals surface area (Å²) in [5.74, 6) is -0.721. The molecular weight excluding hydrogens is 388 g/mol. The molecule has 0 fully saturated rings. The number of allylic oxidation sites excluding steroid dienone is 3. The molecule has 0 bridgehead atoms. The maximum absolute atomic E-state index is 11.7. The van der Waals surface area contributed by atoms with Crippen molar-refractivity contribution in [3.63, 3.8) is 0 Å². The molecule has 8 nitrogen and oxygen atoms in total. The lowest BCUT2D eigenvalue weighted by atomic mass is 10.1. The average molecular weight is 418 g/mol. The van der Waals surface area contributed by atoms with E-state index < -0.39 is 5.97 Å². The Hall–Kier alpha value is -3.16. The minimum atomic E-state index is -0.405. The summed E-state index contributed by atoms with van der Waals surface area (Å²) in [6.45, 7) is 0. The summed E-state index contributed by atoms with van der Waals surface area (Å²) >= 11 is 0. The maximum atomic E-state index is 11.7. The van der Waals surface area contributed by atoms with E-state index in [1.807, 2.05) is 0 Å². The van der Waals surface area contributed by atoms with Gasteiger partial charge in [0.2, 0.25) is 0 Å². The lowest BCUT2D eigenvalue weighted by Gasteiger charge is -2.05. The van der Waals surface area contributed by atoms with Gasteiger partial charge in [-0.1, -0.05) is 50.7 Å². The molecule has 1 rings (SSSR count). The fraction of sp³-hybridized carbons (Fsp3) is 0.455. The normalized spacial score (nSPS) is 10.9. The van der Waals surface area contributed by atoms with Gasteiger partial charge in [-0.25, -0.2) is 15.1 Å². The third-order valence-corrected chi connectivity index (χ3v) is 4.14. The zero-order valence-electron chi connectivity index (χ0n) is 17.2. The summed E-state index contributed by atoms with van der Waals surface area (Å²) < 4.78 is 0.943. The van der Waals surface area contributed by atoms with Gasteiger partial charge in [-0.2, -0.15) is 0 Å². The van der Waals surface area contributed by atoms with Crippen LogP contribution in [0.25, 0.3) is 0 Å². The van der Waals surface area contributed by atoms with Crippen LogP contribution in [0.15, 0.2) is 53.6 Å². The number of carbonyl (C=O) groups excluding carboxylic acids is 3. The summed E-state index contributed by atoms with van der Waals surface area (Å²) in [5.41, 5.74) is 2.04. The molecule has 8 heteroatoms. The van der Waals surface area contributed by atoms with Gasteiger partial charge in [0, 0.05) is 31.3 Å². The minimum Gasteiger partial charge on any atom is -0.344 e. The first-order chi connectivity index (χ1) is 14.6. The quantitative estimate of drug-likeness (QED) is 0.145. The second kappa shape index (κ2) is 16.8. The van der Waals surface area contributed by atoms with E-state index in [4.69, 9.17) is 9.68 Å². The lowest BCUT2D eigenvalue weighted by molar-refractivity contribution is -0.149. The highest BCUT2D eigenvalue weighted by atomic mass is 16.7. The number of hydroxylamine groups is 1. The summed E-state index contributed by atoms with van der Waals surface area (Å²) in [6, 6.07) is 4.55. The van der Waals surface area contributed by atoms with E-state index in [1.165, 1.54) is 30.6 Å². The number of nitrogens with one attached hydrogen (secondary N) is 1. The van der Waals surface area contributed by atoms with Crippen molar-refractivity contribution < 1.29 is 24.1 Å². The van der Waals surface area contributed by atoms with Crippen molar-refractivity contribution in [2.24, 2.45) is 0 Å². The molecule has 0 spiro atoms. The molecule has 0 atom stereocenters. The first-order valence-corrected chi connectivity index (χ1v) is 10.2. The predicted molar refractivity (Wildman–Crippen MR) is 112 cm³/mol. The van der Waals surface area contributed by atoms with Gasteiger partial charge in [-0.15, -0.1) is 4.73 Å². The number of unbranched alkanes of at least 4 members (excludes halogenated alkanes) is 7. The van der Waals surface area contributed by atoms with E-state index in [-0.39, 0.29) is 11.5 Å². The van der Waals surface area contributed by atoms with E-state index in [0.717, 1.165) is 56.1 Å². The van der Waals surface area contributed by atoms with Crippen molar-refractivity contribution in [1.29, 1.82) is 0 Å². The molecule has 0 unspecified atom stereocenters. The topological polar surface area (TPSA) is 104 Å². The molecule has 1 N–H and O–H groups in total. The largest absolute Gasteiger partial charge is 0.344 e. The molecule has 1 heterocycles. The lowest BCUT2D eigenvalue weighted by Crippen LogP contribution is -2.29. The molecule has 0 amide bonds. The number of aldehydes is 1. The van der Waals surface area contributed by atoms with Crippen LogP contribution in [0.2, 0.25) is 0 Å². The fourth-order valence-electron chi connectivity index (χ4n) is 2.60. The van der Waals surface area contributed by atoms with Crippen LogP contribution in [0.3, 0.4) is 0 Å². The van der Waals surface area contributed by atoms with Crippen LogP contribution in [0.5, 0.6) is 0 Å². The van der Waals surface area contributed by atoms with Crippen molar-refractivity contribution in [2.45, 2.75) is 64.2 Å². The Balaban J connectivity index is 1.91. The van der Waals surface area contributed by atoms with E-state index >= 15 is 0 Å². The zero-order chi connectivity index (χ0) is 21.9. The van der Waals surface area contributed by atoms with E-state index in [9.17, 15) is 19.2 Å². The molecule has 1 aromatic rings. The molecule has 0 aliphatic rings. The summed E-state index contributed by atoms with van der Waals surface area (Å²) in [4.78, 5) is 54.5. The predicted octanol–water partition coefficient (Wildman–Crippen LogP) is 3.02. The van der Waals surface area contributed by atoms with Gasteiger partial charge in [0.15, 0.2) is 0 Å². The van der Waals surface area contributed by atoms with Gasteiger partial charge in [0.1, 0.15) is 6.29 Å². The van der Waals surface area contributed by atoms with Crippen molar-refractivity contribution in [2.75, 3.05) is 0 Å². The second-order valence-electron chi connectivity index (χ2n) is 6.63. The second-order valence-corrected chi connectivity index (χ2v) is 6.63. The Morgan fingerprint density at radius 1 is 0.867 bits per heavy atom. The van der Waals surface area contributed by atoms with Crippen LogP contribution in [-0.2, 0) is 19.2 Å². The van der Waals surface area contributed by atoms with Gasteiger partial charge in [-0.05, 0) is 31.1 Å². The van der Waals surface area contributed by atoms with E-state index in [0.29, 0.717) is 19.1 Å². The van der Waals surface area contributed by atoms with Crippen LogP contribution in [0.1, 0.15) is 64.2 Å². The highest BCUT2D eigenvalue weighted by molar-refractivity contribution is 5.69. The van der Waals surface area contributed by atoms with Crippen molar-refractivity contribution in [3.8, 4) is 0 Å². The van der Waals surface area contributed by atoms with Gasteiger partial charge >= 0.3 is 11.9 Å². The SMILES string of the molecule is O=C/C=C\C=C/NOC(=O)CCCCCCCCCCC(=O)On1ccccc1=O. The first-order valence-electron chi connectivity index (χ1n) is 10.2. The third kappa shape index (κ3) is 13.1. The van der Waals surface area contributed by atoms with E-state index in [2.05, 4.69) is 5.48 Å². The average Bonchev–Trinajstić information content (AvgIpc) is 2.73. The molecule has 1 aromatic heterocycles. The molecule has 0 aliphatic heterocycles. The Morgan fingerprint density at radius 2 is 1.50 bits per heavy atom. The minimum absolute atomic E-state index is 0.292. The van der Waals surface area contributed by atoms with Gasteiger partial charge in [0.05, 0.1) is 0 Å². The maximum Gasteiger partial charge on any atom is 0.333 e. The first kappa shape index (κ1) is 24.9. The van der Waals surface area contributed by atoms with Crippen molar-refractivity contribution in [3.05, 3.63) is 59.2 Å². The van der Waals surface area contributed by atoms with Gasteiger partial charge < -0.3 is 9.68 Å². The Kier molecular flexibility index (Phi) is 13.9. The van der Waals surface area contributed by atoms with Crippen molar-refractivity contribution in [1.82, 2.24) is 10.2 Å². The highest BCUT2D eigenvalue weighted by Gasteiger charge is 2.05. The smallest absolute Gasteiger partial charge is 0.333 e. The van der Waals surface area contributed by atoms with Gasteiger partial charge in [0.25, 0.3) is 5.56 Å². The summed E-state index contributed by atoms with van der Waals surface area (Å²) in [6.07, 6.45) is 16.2. The molecule has 0 aliphatic carbocycles. The van der Waals surface area contributed by atoms with Crippen molar-refractivity contribution >= 4 is 18.2 Å². The van der Waals surface area contributed by atoms with Crippen LogP contribution in [0.4, 0.5) is 0 Å². The number of aromatic nitrogens is 1. The van der Waals surface area contributed by atoms with Crippen LogP contribution in [0, 0.1) is 0 Å². The number of hydrogen-bond donors (Lipinski definition) is 1.